The first kappa shape index (κ1) is 17.3. The Morgan fingerprint density at radius 3 is 2.23 bits per heavy atom. The van der Waals surface area contributed by atoms with E-state index in [1.54, 1.807) is 35.4 Å². The highest BCUT2D eigenvalue weighted by atomic mass is 35.5. The van der Waals surface area contributed by atoms with Crippen molar-refractivity contribution in [1.29, 1.82) is 0 Å². The maximum Gasteiger partial charge on any atom is 0.254 e. The predicted molar refractivity (Wildman–Crippen MR) is 93.3 cm³/mol. The third kappa shape index (κ3) is 3.29. The van der Waals surface area contributed by atoms with E-state index in [0.717, 1.165) is 21.1 Å². The Bertz CT molecular complexity index is 704. The molecular weight excluding hydrogens is 339 g/mol. The van der Waals surface area contributed by atoms with Crippen LogP contribution in [0.15, 0.2) is 12.1 Å². The zero-order valence-corrected chi connectivity index (χ0v) is 15.5. The lowest BCUT2D eigenvalue weighted by molar-refractivity contribution is 0.0740. The van der Waals surface area contributed by atoms with Crippen LogP contribution < -0.4 is 0 Å². The molecule has 1 atom stereocenters. The molecule has 0 aliphatic carbocycles. The summed E-state index contributed by atoms with van der Waals surface area (Å²) in [6, 6.07) is 3.21. The number of hydrogen-bond acceptors (Lipinski definition) is 3. The Hall–Kier alpha value is -1.10. The van der Waals surface area contributed by atoms with Gasteiger partial charge in [0.15, 0.2) is 0 Å². The number of carbonyl (C=O) groups excluding carboxylic acids is 1. The standard InChI is InChI=1S/C16H18Cl2N2OS/c1-8-13(17)6-12(7-14(8)18)16(21)20(5)9(2)15-10(3)22-11(4)19-15/h6-7,9H,1-5H3. The molecule has 3 nitrogen and oxygen atoms in total. The number of rotatable bonds is 3. The van der Waals surface area contributed by atoms with Gasteiger partial charge in [0.1, 0.15) is 0 Å². The van der Waals surface area contributed by atoms with Gasteiger partial charge in [0.2, 0.25) is 0 Å². The Labute approximate surface area is 144 Å². The monoisotopic (exact) mass is 356 g/mol. The maximum absolute atomic E-state index is 12.7. The number of hydrogen-bond donors (Lipinski definition) is 0. The summed E-state index contributed by atoms with van der Waals surface area (Å²) >= 11 is 13.9. The fourth-order valence-corrected chi connectivity index (χ4v) is 3.66. The van der Waals surface area contributed by atoms with Gasteiger partial charge in [-0.2, -0.15) is 0 Å². The quantitative estimate of drug-likeness (QED) is 0.756. The average Bonchev–Trinajstić information content (AvgIpc) is 2.80. The molecule has 1 aromatic heterocycles. The first-order chi connectivity index (χ1) is 10.2. The number of aromatic nitrogens is 1. The van der Waals surface area contributed by atoms with E-state index in [4.69, 9.17) is 23.2 Å². The molecule has 0 saturated heterocycles. The Balaban J connectivity index is 2.31. The fraction of sp³-hybridized carbons (Fsp3) is 0.375. The Kier molecular flexibility index (Phi) is 5.15. The molecule has 22 heavy (non-hydrogen) atoms. The van der Waals surface area contributed by atoms with Gasteiger partial charge in [0, 0.05) is 27.5 Å². The molecule has 1 unspecified atom stereocenters. The summed E-state index contributed by atoms with van der Waals surface area (Å²) in [5.41, 5.74) is 2.20. The van der Waals surface area contributed by atoms with Crippen LogP contribution in [0.3, 0.4) is 0 Å². The van der Waals surface area contributed by atoms with Crippen molar-refractivity contribution in [3.8, 4) is 0 Å². The van der Waals surface area contributed by atoms with Crippen LogP contribution in [0.1, 0.15) is 44.5 Å². The van der Waals surface area contributed by atoms with Crippen LogP contribution in [0.5, 0.6) is 0 Å². The van der Waals surface area contributed by atoms with E-state index >= 15 is 0 Å². The topological polar surface area (TPSA) is 33.2 Å². The van der Waals surface area contributed by atoms with Crippen molar-refractivity contribution in [2.45, 2.75) is 33.7 Å². The van der Waals surface area contributed by atoms with Crippen molar-refractivity contribution < 1.29 is 4.79 Å². The molecule has 0 spiro atoms. The number of amides is 1. The zero-order chi connectivity index (χ0) is 16.6. The minimum Gasteiger partial charge on any atom is -0.333 e. The number of nitrogens with zero attached hydrogens (tertiary/aromatic N) is 2. The Morgan fingerprint density at radius 2 is 1.77 bits per heavy atom. The van der Waals surface area contributed by atoms with Crippen molar-refractivity contribution in [3.63, 3.8) is 0 Å². The van der Waals surface area contributed by atoms with Crippen LogP contribution in [0, 0.1) is 20.8 Å². The second-order valence-corrected chi connectivity index (χ2v) is 7.55. The van der Waals surface area contributed by atoms with Gasteiger partial charge in [-0.3, -0.25) is 4.79 Å². The van der Waals surface area contributed by atoms with Gasteiger partial charge in [0.05, 0.1) is 16.7 Å². The predicted octanol–water partition coefficient (Wildman–Crippen LogP) is 5.21. The number of aryl methyl sites for hydroxylation is 2. The van der Waals surface area contributed by atoms with Crippen LogP contribution in [0.2, 0.25) is 10.0 Å². The van der Waals surface area contributed by atoms with E-state index in [9.17, 15) is 4.79 Å². The van der Waals surface area contributed by atoms with Gasteiger partial charge < -0.3 is 4.90 Å². The fourth-order valence-electron chi connectivity index (χ4n) is 2.26. The average molecular weight is 357 g/mol. The van der Waals surface area contributed by atoms with E-state index in [-0.39, 0.29) is 11.9 Å². The van der Waals surface area contributed by atoms with Crippen LogP contribution in [0.25, 0.3) is 0 Å². The number of carbonyl (C=O) groups is 1. The van der Waals surface area contributed by atoms with Gasteiger partial charge in [-0.15, -0.1) is 11.3 Å². The lowest BCUT2D eigenvalue weighted by atomic mass is 10.1. The highest BCUT2D eigenvalue weighted by Gasteiger charge is 2.23. The summed E-state index contributed by atoms with van der Waals surface area (Å²) < 4.78 is 0. The number of benzene rings is 1. The number of thiazole rings is 1. The summed E-state index contributed by atoms with van der Waals surface area (Å²) in [5, 5.41) is 2.00. The molecule has 6 heteroatoms. The van der Waals surface area contributed by atoms with E-state index in [0.29, 0.717) is 15.6 Å². The van der Waals surface area contributed by atoms with Crippen molar-refractivity contribution >= 4 is 40.4 Å². The Morgan fingerprint density at radius 1 is 1.23 bits per heavy atom. The van der Waals surface area contributed by atoms with Crippen molar-refractivity contribution in [1.82, 2.24) is 9.88 Å². The molecule has 1 heterocycles. The molecule has 2 aromatic rings. The molecule has 1 amide bonds. The van der Waals surface area contributed by atoms with Crippen molar-refractivity contribution in [2.24, 2.45) is 0 Å². The third-order valence-electron chi connectivity index (χ3n) is 3.76. The van der Waals surface area contributed by atoms with E-state index in [1.165, 1.54) is 0 Å². The maximum atomic E-state index is 12.7. The number of halogens is 2. The minimum atomic E-state index is -0.124. The molecule has 0 saturated carbocycles. The van der Waals surface area contributed by atoms with Crippen LogP contribution in [0.4, 0.5) is 0 Å². The molecular formula is C16H18Cl2N2OS. The lowest BCUT2D eigenvalue weighted by Gasteiger charge is -2.24. The zero-order valence-electron chi connectivity index (χ0n) is 13.2. The summed E-state index contributed by atoms with van der Waals surface area (Å²) in [4.78, 5) is 20.0. The summed E-state index contributed by atoms with van der Waals surface area (Å²) in [6.45, 7) is 7.78. The van der Waals surface area contributed by atoms with Gasteiger partial charge in [0.25, 0.3) is 5.91 Å². The van der Waals surface area contributed by atoms with Crippen molar-refractivity contribution in [3.05, 3.63) is 48.9 Å². The van der Waals surface area contributed by atoms with Crippen LogP contribution in [-0.4, -0.2) is 22.8 Å². The summed E-state index contributed by atoms with van der Waals surface area (Å²) in [6.07, 6.45) is 0. The normalized spacial score (nSPS) is 12.3. The highest BCUT2D eigenvalue weighted by molar-refractivity contribution is 7.11. The minimum absolute atomic E-state index is 0.115. The van der Waals surface area contributed by atoms with Gasteiger partial charge in [-0.05, 0) is 45.4 Å². The van der Waals surface area contributed by atoms with Gasteiger partial charge in [-0.1, -0.05) is 23.2 Å². The molecule has 0 aliphatic rings. The third-order valence-corrected chi connectivity index (χ3v) is 5.45. The molecule has 118 valence electrons. The molecule has 0 bridgehead atoms. The van der Waals surface area contributed by atoms with Crippen LogP contribution in [-0.2, 0) is 0 Å². The first-order valence-corrected chi connectivity index (χ1v) is 8.46. The van der Waals surface area contributed by atoms with Gasteiger partial charge in [-0.25, -0.2) is 4.98 Å². The molecule has 0 N–H and O–H groups in total. The second-order valence-electron chi connectivity index (χ2n) is 5.33. The highest BCUT2D eigenvalue weighted by Crippen LogP contribution is 2.29. The molecule has 2 rings (SSSR count). The lowest BCUT2D eigenvalue weighted by Crippen LogP contribution is -2.30. The largest absolute Gasteiger partial charge is 0.333 e. The smallest absolute Gasteiger partial charge is 0.254 e. The van der Waals surface area contributed by atoms with Gasteiger partial charge >= 0.3 is 0 Å². The van der Waals surface area contributed by atoms with Crippen LogP contribution >= 0.6 is 34.5 Å². The molecule has 0 fully saturated rings. The van der Waals surface area contributed by atoms with E-state index in [1.807, 2.05) is 27.7 Å². The molecule has 0 aliphatic heterocycles. The molecule has 0 radical (unpaired) electrons. The molecule has 1 aromatic carbocycles. The van der Waals surface area contributed by atoms with E-state index in [2.05, 4.69) is 4.98 Å². The summed E-state index contributed by atoms with van der Waals surface area (Å²) in [5.74, 6) is -0.124. The SMILES string of the molecule is Cc1nc(C(C)N(C)C(=O)c2cc(Cl)c(C)c(Cl)c2)c(C)s1. The first-order valence-electron chi connectivity index (χ1n) is 6.89. The van der Waals surface area contributed by atoms with Crippen molar-refractivity contribution in [2.75, 3.05) is 7.05 Å². The second kappa shape index (κ2) is 6.57. The summed E-state index contributed by atoms with van der Waals surface area (Å²) in [7, 11) is 1.77. The van der Waals surface area contributed by atoms with E-state index < -0.39 is 0 Å².